The van der Waals surface area contributed by atoms with Gasteiger partial charge in [-0.3, -0.25) is 4.79 Å². The summed E-state index contributed by atoms with van der Waals surface area (Å²) in [6.45, 7) is 4.81. The van der Waals surface area contributed by atoms with E-state index < -0.39 is 0 Å². The summed E-state index contributed by atoms with van der Waals surface area (Å²) in [5.41, 5.74) is 2.02. The summed E-state index contributed by atoms with van der Waals surface area (Å²) in [6.07, 6.45) is 2.58. The lowest BCUT2D eigenvalue weighted by molar-refractivity contribution is -0.125. The van der Waals surface area contributed by atoms with Crippen molar-refractivity contribution in [3.8, 4) is 17.2 Å². The van der Waals surface area contributed by atoms with Gasteiger partial charge in [0.1, 0.15) is 17.2 Å². The Kier molecular flexibility index (Phi) is 7.54. The highest BCUT2D eigenvalue weighted by Crippen LogP contribution is 2.33. The van der Waals surface area contributed by atoms with Crippen LogP contribution >= 0.6 is 11.3 Å². The number of methoxy groups -OCH3 is 2. The Hall–Kier alpha value is -3.00. The summed E-state index contributed by atoms with van der Waals surface area (Å²) in [6, 6.07) is 11.8. The molecule has 0 spiro atoms. The molecule has 176 valence electrons. The van der Waals surface area contributed by atoms with Crippen LogP contribution in [0.25, 0.3) is 10.2 Å². The van der Waals surface area contributed by atoms with Crippen molar-refractivity contribution in [2.75, 3.05) is 45.4 Å². The highest BCUT2D eigenvalue weighted by Gasteiger charge is 2.27. The molecule has 2 heterocycles. The molecule has 1 N–H and O–H groups in total. The zero-order chi connectivity index (χ0) is 23.2. The zero-order valence-electron chi connectivity index (χ0n) is 19.4. The number of aromatic nitrogens is 1. The Morgan fingerprint density at radius 1 is 1.18 bits per heavy atom. The lowest BCUT2D eigenvalue weighted by atomic mass is 9.97. The molecule has 0 aliphatic carbocycles. The number of nitrogens with zero attached hydrogens (tertiary/aromatic N) is 2. The van der Waals surface area contributed by atoms with Crippen LogP contribution in [0.3, 0.4) is 0 Å². The average molecular weight is 470 g/mol. The van der Waals surface area contributed by atoms with Crippen LogP contribution in [-0.4, -0.2) is 51.4 Å². The molecule has 1 aliphatic heterocycles. The van der Waals surface area contributed by atoms with Crippen molar-refractivity contribution in [2.24, 2.45) is 5.92 Å². The van der Waals surface area contributed by atoms with Crippen molar-refractivity contribution < 1.29 is 19.0 Å². The molecular formula is C25H31N3O4S. The number of rotatable bonds is 9. The lowest BCUT2D eigenvalue weighted by Gasteiger charge is -2.31. The van der Waals surface area contributed by atoms with Crippen molar-refractivity contribution in [2.45, 2.75) is 26.2 Å². The Balaban J connectivity index is 1.34. The second kappa shape index (κ2) is 10.7. The summed E-state index contributed by atoms with van der Waals surface area (Å²) >= 11 is 1.66. The first kappa shape index (κ1) is 23.2. The van der Waals surface area contributed by atoms with Gasteiger partial charge in [-0.15, -0.1) is 0 Å². The predicted molar refractivity (Wildman–Crippen MR) is 132 cm³/mol. The molecule has 1 unspecified atom stereocenters. The molecule has 7 nitrogen and oxygen atoms in total. The standard InChI is InChI=1S/C25H31N3O4S/c1-4-32-20-9-10-21-23(15-20)33-25(27-21)28-13-5-6-18(16-28)24(29)26-12-11-17-7-8-19(30-2)14-22(17)31-3/h7-10,14-15,18H,4-6,11-13,16H2,1-3H3,(H,26,29). The third-order valence-electron chi connectivity index (χ3n) is 5.91. The molecule has 2 aromatic carbocycles. The third-order valence-corrected chi connectivity index (χ3v) is 6.99. The summed E-state index contributed by atoms with van der Waals surface area (Å²) in [4.78, 5) is 19.9. The van der Waals surface area contributed by atoms with Crippen LogP contribution in [0.15, 0.2) is 36.4 Å². The van der Waals surface area contributed by atoms with Crippen LogP contribution in [0.4, 0.5) is 5.13 Å². The normalized spacial score (nSPS) is 16.0. The molecule has 1 amide bonds. The number of benzene rings is 2. The van der Waals surface area contributed by atoms with E-state index in [1.807, 2.05) is 43.3 Å². The second-order valence-electron chi connectivity index (χ2n) is 8.06. The van der Waals surface area contributed by atoms with Gasteiger partial charge in [0.2, 0.25) is 5.91 Å². The van der Waals surface area contributed by atoms with Gasteiger partial charge in [0.05, 0.1) is 37.0 Å². The van der Waals surface area contributed by atoms with Crippen LogP contribution in [0.2, 0.25) is 0 Å². The maximum Gasteiger partial charge on any atom is 0.224 e. The molecule has 33 heavy (non-hydrogen) atoms. The van der Waals surface area contributed by atoms with E-state index in [2.05, 4.69) is 10.2 Å². The summed E-state index contributed by atoms with van der Waals surface area (Å²) in [7, 11) is 3.28. The Labute approximate surface area is 198 Å². The van der Waals surface area contributed by atoms with Crippen molar-refractivity contribution >= 4 is 32.6 Å². The largest absolute Gasteiger partial charge is 0.497 e. The van der Waals surface area contributed by atoms with Gasteiger partial charge < -0.3 is 24.4 Å². The molecule has 1 saturated heterocycles. The minimum Gasteiger partial charge on any atom is -0.497 e. The van der Waals surface area contributed by atoms with Crippen LogP contribution in [0, 0.1) is 5.92 Å². The van der Waals surface area contributed by atoms with Crippen molar-refractivity contribution in [3.63, 3.8) is 0 Å². The molecule has 1 aromatic heterocycles. The van der Waals surface area contributed by atoms with E-state index in [1.54, 1.807) is 25.6 Å². The number of fused-ring (bicyclic) bond motifs is 1. The molecule has 0 saturated carbocycles. The number of carbonyl (C=O) groups is 1. The zero-order valence-corrected chi connectivity index (χ0v) is 20.2. The minimum atomic E-state index is -0.0393. The van der Waals surface area contributed by atoms with Crippen LogP contribution in [0.5, 0.6) is 17.2 Å². The topological polar surface area (TPSA) is 72.9 Å². The number of hydrogen-bond acceptors (Lipinski definition) is 7. The predicted octanol–water partition coefficient (Wildman–Crippen LogP) is 4.29. The van der Waals surface area contributed by atoms with Gasteiger partial charge in [0, 0.05) is 25.7 Å². The number of nitrogens with one attached hydrogen (secondary N) is 1. The van der Waals surface area contributed by atoms with Crippen molar-refractivity contribution in [1.82, 2.24) is 10.3 Å². The number of carbonyl (C=O) groups excluding carboxylic acids is 1. The quantitative estimate of drug-likeness (QED) is 0.504. The molecule has 4 rings (SSSR count). The highest BCUT2D eigenvalue weighted by atomic mass is 32.1. The maximum atomic E-state index is 12.9. The fourth-order valence-electron chi connectivity index (χ4n) is 4.17. The lowest BCUT2D eigenvalue weighted by Crippen LogP contribution is -2.43. The Bertz CT molecular complexity index is 1100. The molecule has 0 radical (unpaired) electrons. The molecule has 8 heteroatoms. The number of thiazole rings is 1. The molecule has 3 aromatic rings. The van der Waals surface area contributed by atoms with Gasteiger partial charge in [-0.1, -0.05) is 17.4 Å². The van der Waals surface area contributed by atoms with E-state index >= 15 is 0 Å². The first-order valence-corrected chi connectivity index (χ1v) is 12.2. The van der Waals surface area contributed by atoms with Crippen LogP contribution in [0.1, 0.15) is 25.3 Å². The van der Waals surface area contributed by atoms with Gasteiger partial charge in [0.25, 0.3) is 0 Å². The summed E-state index contributed by atoms with van der Waals surface area (Å²) in [5.74, 6) is 2.46. The summed E-state index contributed by atoms with van der Waals surface area (Å²) in [5, 5.41) is 4.09. The average Bonchev–Trinajstić information content (AvgIpc) is 3.28. The Morgan fingerprint density at radius 3 is 2.82 bits per heavy atom. The third kappa shape index (κ3) is 5.50. The number of amides is 1. The molecule has 1 aliphatic rings. The summed E-state index contributed by atoms with van der Waals surface area (Å²) < 4.78 is 17.4. The van der Waals surface area contributed by atoms with E-state index in [1.165, 1.54) is 0 Å². The first-order chi connectivity index (χ1) is 16.1. The highest BCUT2D eigenvalue weighted by molar-refractivity contribution is 7.22. The van der Waals surface area contributed by atoms with E-state index in [-0.39, 0.29) is 11.8 Å². The second-order valence-corrected chi connectivity index (χ2v) is 9.07. The van der Waals surface area contributed by atoms with Crippen LogP contribution in [-0.2, 0) is 11.2 Å². The van der Waals surface area contributed by atoms with E-state index in [9.17, 15) is 4.79 Å². The Morgan fingerprint density at radius 2 is 2.03 bits per heavy atom. The SMILES string of the molecule is CCOc1ccc2nc(N3CCCC(C(=O)NCCc4ccc(OC)cc4OC)C3)sc2c1. The fraction of sp³-hybridized carbons (Fsp3) is 0.440. The number of anilines is 1. The first-order valence-electron chi connectivity index (χ1n) is 11.4. The van der Waals surface area contributed by atoms with E-state index in [0.29, 0.717) is 26.1 Å². The fourth-order valence-corrected chi connectivity index (χ4v) is 5.20. The molecule has 0 bridgehead atoms. The molecular weight excluding hydrogens is 438 g/mol. The molecule has 1 atom stereocenters. The van der Waals surface area contributed by atoms with E-state index in [0.717, 1.165) is 57.5 Å². The van der Waals surface area contributed by atoms with Gasteiger partial charge in [-0.25, -0.2) is 4.98 Å². The minimum absolute atomic E-state index is 0.0393. The monoisotopic (exact) mass is 469 g/mol. The molecule has 1 fully saturated rings. The maximum absolute atomic E-state index is 12.9. The van der Waals surface area contributed by atoms with Gasteiger partial charge in [-0.05, 0) is 56.0 Å². The van der Waals surface area contributed by atoms with Crippen molar-refractivity contribution in [3.05, 3.63) is 42.0 Å². The van der Waals surface area contributed by atoms with Gasteiger partial charge in [-0.2, -0.15) is 0 Å². The number of hydrogen-bond donors (Lipinski definition) is 1. The smallest absolute Gasteiger partial charge is 0.224 e. The van der Waals surface area contributed by atoms with Gasteiger partial charge in [0.15, 0.2) is 5.13 Å². The number of piperidine rings is 1. The van der Waals surface area contributed by atoms with Gasteiger partial charge >= 0.3 is 0 Å². The van der Waals surface area contributed by atoms with Crippen molar-refractivity contribution in [1.29, 1.82) is 0 Å². The number of ether oxygens (including phenoxy) is 3. The van der Waals surface area contributed by atoms with E-state index in [4.69, 9.17) is 19.2 Å². The van der Waals surface area contributed by atoms with Crippen LogP contribution < -0.4 is 24.4 Å².